The molecule has 162 valence electrons. The van der Waals surface area contributed by atoms with Crippen LogP contribution in [0.1, 0.15) is 31.9 Å². The van der Waals surface area contributed by atoms with Crippen LogP contribution >= 0.6 is 0 Å². The number of hydrogen-bond donors (Lipinski definition) is 3. The van der Waals surface area contributed by atoms with Crippen LogP contribution in [0.15, 0.2) is 47.6 Å². The van der Waals surface area contributed by atoms with Crippen molar-refractivity contribution < 1.29 is 14.3 Å². The zero-order chi connectivity index (χ0) is 22.0. The first-order valence-electron chi connectivity index (χ1n) is 9.81. The minimum Gasteiger partial charge on any atom is -0.481 e. The summed E-state index contributed by atoms with van der Waals surface area (Å²) in [7, 11) is 3.33. The molecule has 1 aromatic heterocycles. The van der Waals surface area contributed by atoms with E-state index in [4.69, 9.17) is 9.47 Å². The Morgan fingerprint density at radius 3 is 2.33 bits per heavy atom. The molecule has 0 radical (unpaired) electrons. The fourth-order valence-electron chi connectivity index (χ4n) is 2.54. The predicted octanol–water partition coefficient (Wildman–Crippen LogP) is 3.34. The molecule has 0 saturated heterocycles. The van der Waals surface area contributed by atoms with E-state index in [1.807, 2.05) is 57.2 Å². The van der Waals surface area contributed by atoms with Gasteiger partial charge >= 0.3 is 6.09 Å². The number of guanidine groups is 1. The topological polar surface area (TPSA) is 96.9 Å². The number of carbonyl (C=O) groups is 1. The molecule has 0 unspecified atom stereocenters. The fourth-order valence-corrected chi connectivity index (χ4v) is 2.54. The van der Waals surface area contributed by atoms with Crippen molar-refractivity contribution in [1.29, 1.82) is 0 Å². The van der Waals surface area contributed by atoms with E-state index < -0.39 is 11.7 Å². The molecule has 0 spiro atoms. The summed E-state index contributed by atoms with van der Waals surface area (Å²) in [6.07, 6.45) is 2.13. The highest BCUT2D eigenvalue weighted by atomic mass is 16.6. The lowest BCUT2D eigenvalue weighted by atomic mass is 10.1. The molecular formula is C22H31N5O3. The molecule has 1 amide bonds. The van der Waals surface area contributed by atoms with Crippen LogP contribution in [0.5, 0.6) is 5.88 Å². The van der Waals surface area contributed by atoms with Crippen molar-refractivity contribution in [3.8, 4) is 5.88 Å². The minimum absolute atomic E-state index is 0.459. The number of nitrogens with zero attached hydrogens (tertiary/aromatic N) is 2. The molecule has 0 aliphatic rings. The van der Waals surface area contributed by atoms with Gasteiger partial charge in [0.1, 0.15) is 5.60 Å². The maximum atomic E-state index is 11.8. The quantitative estimate of drug-likeness (QED) is 0.476. The summed E-state index contributed by atoms with van der Waals surface area (Å²) in [6, 6.07) is 11.5. The molecule has 30 heavy (non-hydrogen) atoms. The van der Waals surface area contributed by atoms with Crippen LogP contribution in [0.25, 0.3) is 0 Å². The third-order valence-corrected chi connectivity index (χ3v) is 4.00. The van der Waals surface area contributed by atoms with E-state index >= 15 is 0 Å². The van der Waals surface area contributed by atoms with E-state index in [9.17, 15) is 4.79 Å². The van der Waals surface area contributed by atoms with E-state index in [1.165, 1.54) is 0 Å². The van der Waals surface area contributed by atoms with E-state index in [0.717, 1.165) is 24.1 Å². The van der Waals surface area contributed by atoms with Gasteiger partial charge in [0.05, 0.1) is 7.11 Å². The Balaban J connectivity index is 1.74. The van der Waals surface area contributed by atoms with Crippen LogP contribution in [0.4, 0.5) is 10.5 Å². The number of ether oxygens (including phenoxy) is 2. The number of aromatic nitrogens is 1. The van der Waals surface area contributed by atoms with Crippen molar-refractivity contribution in [2.75, 3.05) is 26.0 Å². The van der Waals surface area contributed by atoms with Crippen molar-refractivity contribution in [3.63, 3.8) is 0 Å². The summed E-state index contributed by atoms with van der Waals surface area (Å²) >= 11 is 0. The van der Waals surface area contributed by atoms with Crippen LogP contribution in [-0.4, -0.2) is 43.3 Å². The molecule has 1 aromatic carbocycles. The summed E-state index contributed by atoms with van der Waals surface area (Å²) in [5.41, 5.74) is 2.36. The first-order valence-corrected chi connectivity index (χ1v) is 9.81. The highest BCUT2D eigenvalue weighted by Gasteiger charge is 2.16. The Kier molecular flexibility index (Phi) is 8.46. The molecule has 0 fully saturated rings. The minimum atomic E-state index is -0.522. The maximum absolute atomic E-state index is 11.8. The van der Waals surface area contributed by atoms with Gasteiger partial charge in [-0.15, -0.1) is 0 Å². The van der Waals surface area contributed by atoms with Crippen LogP contribution in [0.2, 0.25) is 0 Å². The lowest BCUT2D eigenvalue weighted by Gasteiger charge is -2.19. The molecule has 3 N–H and O–H groups in total. The summed E-state index contributed by atoms with van der Waals surface area (Å²) in [5.74, 6) is 1.31. The molecule has 0 aliphatic heterocycles. The zero-order valence-electron chi connectivity index (χ0n) is 18.3. The largest absolute Gasteiger partial charge is 0.481 e. The lowest BCUT2D eigenvalue weighted by Crippen LogP contribution is -2.37. The fraction of sp³-hybridized carbons (Fsp3) is 0.409. The van der Waals surface area contributed by atoms with E-state index in [2.05, 4.69) is 25.9 Å². The second-order valence-corrected chi connectivity index (χ2v) is 7.64. The highest BCUT2D eigenvalue weighted by molar-refractivity contribution is 5.84. The van der Waals surface area contributed by atoms with Gasteiger partial charge in [-0.3, -0.25) is 10.3 Å². The number of benzene rings is 1. The SMILES string of the molecule is CN=C(NCCc1ccc(NC(=O)OC(C)(C)C)cc1)NCc1ccc(OC)nc1. The molecule has 0 saturated carbocycles. The van der Waals surface area contributed by atoms with Gasteiger partial charge in [-0.25, -0.2) is 9.78 Å². The van der Waals surface area contributed by atoms with Crippen molar-refractivity contribution in [2.45, 2.75) is 39.3 Å². The molecule has 2 rings (SSSR count). The van der Waals surface area contributed by atoms with E-state index in [-0.39, 0.29) is 0 Å². The van der Waals surface area contributed by atoms with Gasteiger partial charge in [-0.05, 0) is 50.5 Å². The summed E-state index contributed by atoms with van der Waals surface area (Å²) in [4.78, 5) is 20.2. The summed E-state index contributed by atoms with van der Waals surface area (Å²) in [5, 5.41) is 9.27. The third-order valence-electron chi connectivity index (χ3n) is 4.00. The Labute approximate surface area is 178 Å². The van der Waals surface area contributed by atoms with Crippen molar-refractivity contribution >= 4 is 17.7 Å². The van der Waals surface area contributed by atoms with Gasteiger partial charge < -0.3 is 20.1 Å². The molecule has 2 aromatic rings. The number of aliphatic imine (C=N–C) groups is 1. The number of nitrogens with one attached hydrogen (secondary N) is 3. The average Bonchev–Trinajstić information content (AvgIpc) is 2.70. The van der Waals surface area contributed by atoms with Gasteiger partial charge in [0.15, 0.2) is 5.96 Å². The predicted molar refractivity (Wildman–Crippen MR) is 119 cm³/mol. The molecule has 0 bridgehead atoms. The monoisotopic (exact) mass is 413 g/mol. The van der Waals surface area contributed by atoms with Crippen LogP contribution in [-0.2, 0) is 17.7 Å². The van der Waals surface area contributed by atoms with Gasteiger partial charge in [0, 0.05) is 38.1 Å². The van der Waals surface area contributed by atoms with Crippen molar-refractivity contribution in [1.82, 2.24) is 15.6 Å². The zero-order valence-corrected chi connectivity index (χ0v) is 18.3. The van der Waals surface area contributed by atoms with E-state index in [0.29, 0.717) is 24.1 Å². The second kappa shape index (κ2) is 11.0. The Bertz CT molecular complexity index is 827. The number of amides is 1. The number of hydrogen-bond acceptors (Lipinski definition) is 5. The Morgan fingerprint density at radius 1 is 1.07 bits per heavy atom. The second-order valence-electron chi connectivity index (χ2n) is 7.64. The number of pyridine rings is 1. The summed E-state index contributed by atoms with van der Waals surface area (Å²) in [6.45, 7) is 6.83. The standard InChI is InChI=1S/C22H31N5O3/c1-22(2,3)30-21(28)27-18-9-6-16(7-10-18)12-13-24-20(23-4)26-15-17-8-11-19(29-5)25-14-17/h6-11,14H,12-13,15H2,1-5H3,(H,27,28)(H2,23,24,26). The van der Waals surface area contributed by atoms with Crippen molar-refractivity contribution in [3.05, 3.63) is 53.7 Å². The molecule has 0 atom stereocenters. The van der Waals surface area contributed by atoms with Crippen molar-refractivity contribution in [2.24, 2.45) is 4.99 Å². The number of rotatable bonds is 7. The maximum Gasteiger partial charge on any atom is 0.412 e. The van der Waals surface area contributed by atoms with Gasteiger partial charge in [0.2, 0.25) is 5.88 Å². The smallest absolute Gasteiger partial charge is 0.412 e. The summed E-state index contributed by atoms with van der Waals surface area (Å²) < 4.78 is 10.3. The first-order chi connectivity index (χ1) is 14.3. The van der Waals surface area contributed by atoms with Crippen LogP contribution < -0.4 is 20.7 Å². The number of methoxy groups -OCH3 is 1. The van der Waals surface area contributed by atoms with Gasteiger partial charge in [0.25, 0.3) is 0 Å². The average molecular weight is 414 g/mol. The van der Waals surface area contributed by atoms with Crippen LogP contribution in [0, 0.1) is 0 Å². The third kappa shape index (κ3) is 8.38. The van der Waals surface area contributed by atoms with Gasteiger partial charge in [-0.2, -0.15) is 0 Å². The molecule has 8 heteroatoms. The highest BCUT2D eigenvalue weighted by Crippen LogP contribution is 2.13. The number of anilines is 1. The number of carbonyl (C=O) groups excluding carboxylic acids is 1. The lowest BCUT2D eigenvalue weighted by molar-refractivity contribution is 0.0636. The van der Waals surface area contributed by atoms with Gasteiger partial charge in [-0.1, -0.05) is 18.2 Å². The normalized spacial score (nSPS) is 11.6. The molecular weight excluding hydrogens is 382 g/mol. The first kappa shape index (κ1) is 23.0. The van der Waals surface area contributed by atoms with E-state index in [1.54, 1.807) is 20.4 Å². The molecule has 1 heterocycles. The Hall–Kier alpha value is -3.29. The molecule has 0 aliphatic carbocycles. The molecule has 8 nitrogen and oxygen atoms in total. The van der Waals surface area contributed by atoms with Crippen LogP contribution in [0.3, 0.4) is 0 Å². The Morgan fingerprint density at radius 2 is 1.77 bits per heavy atom.